The Hall–Kier alpha value is -1.71. The van der Waals surface area contributed by atoms with Crippen molar-refractivity contribution in [1.29, 1.82) is 5.26 Å². The van der Waals surface area contributed by atoms with Gasteiger partial charge in [0.15, 0.2) is 5.69 Å². The van der Waals surface area contributed by atoms with E-state index in [-0.39, 0.29) is 11.9 Å². The highest BCUT2D eigenvalue weighted by Crippen LogP contribution is 2.37. The number of halogens is 3. The predicted molar refractivity (Wildman–Crippen MR) is 53.9 cm³/mol. The summed E-state index contributed by atoms with van der Waals surface area (Å²) in [6.45, 7) is 0. The Morgan fingerprint density at radius 2 is 1.94 bits per heavy atom. The molecular weight excluding hydrogens is 233 g/mol. The largest absolute Gasteiger partial charge is 0.436 e. The molecule has 2 N–H and O–H groups in total. The molecular formula is C10H11F3N4. The Morgan fingerprint density at radius 1 is 1.35 bits per heavy atom. The van der Waals surface area contributed by atoms with Gasteiger partial charge in [0.1, 0.15) is 17.5 Å². The van der Waals surface area contributed by atoms with Gasteiger partial charge in [0.05, 0.1) is 6.04 Å². The Kier molecular flexibility index (Phi) is 2.73. The van der Waals surface area contributed by atoms with Crippen LogP contribution in [0.25, 0.3) is 0 Å². The standard InChI is InChI=1S/C10H11F3N4/c11-10(12,13)8-7(5-14)9(15)17(16-8)6-3-1-2-4-6/h6H,1-4,15H2. The molecule has 4 nitrogen and oxygen atoms in total. The van der Waals surface area contributed by atoms with Gasteiger partial charge in [-0.25, -0.2) is 4.68 Å². The maximum atomic E-state index is 12.6. The van der Waals surface area contributed by atoms with E-state index < -0.39 is 17.4 Å². The first-order valence-corrected chi connectivity index (χ1v) is 5.30. The fourth-order valence-corrected chi connectivity index (χ4v) is 2.18. The van der Waals surface area contributed by atoms with Crippen molar-refractivity contribution in [3.8, 4) is 6.07 Å². The second-order valence-corrected chi connectivity index (χ2v) is 4.10. The molecule has 7 heteroatoms. The number of aromatic nitrogens is 2. The SMILES string of the molecule is N#Cc1c(C(F)(F)F)nn(C2CCCC2)c1N. The molecule has 1 saturated carbocycles. The average Bonchev–Trinajstić information content (AvgIpc) is 2.82. The van der Waals surface area contributed by atoms with Crippen LogP contribution in [0, 0.1) is 11.3 Å². The molecule has 0 unspecified atom stereocenters. The summed E-state index contributed by atoms with van der Waals surface area (Å²) in [7, 11) is 0. The van der Waals surface area contributed by atoms with Gasteiger partial charge >= 0.3 is 6.18 Å². The lowest BCUT2D eigenvalue weighted by Gasteiger charge is -2.11. The van der Waals surface area contributed by atoms with Crippen LogP contribution in [-0.4, -0.2) is 9.78 Å². The number of nitrogens with two attached hydrogens (primary N) is 1. The summed E-state index contributed by atoms with van der Waals surface area (Å²) in [5.74, 6) is -0.174. The zero-order chi connectivity index (χ0) is 12.6. The molecule has 1 fully saturated rings. The Morgan fingerprint density at radius 3 is 2.35 bits per heavy atom. The number of anilines is 1. The van der Waals surface area contributed by atoms with E-state index in [1.54, 1.807) is 0 Å². The van der Waals surface area contributed by atoms with Gasteiger partial charge in [-0.3, -0.25) is 0 Å². The van der Waals surface area contributed by atoms with Crippen molar-refractivity contribution < 1.29 is 13.2 Å². The molecule has 1 aromatic heterocycles. The molecule has 0 aromatic carbocycles. The molecule has 0 aliphatic heterocycles. The molecule has 0 spiro atoms. The summed E-state index contributed by atoms with van der Waals surface area (Å²) < 4.78 is 39.1. The molecule has 0 radical (unpaired) electrons. The van der Waals surface area contributed by atoms with Crippen molar-refractivity contribution in [2.45, 2.75) is 37.9 Å². The van der Waals surface area contributed by atoms with Crippen LogP contribution in [0.4, 0.5) is 19.0 Å². The van der Waals surface area contributed by atoms with Gasteiger partial charge in [-0.15, -0.1) is 0 Å². The minimum absolute atomic E-state index is 0.113. The summed E-state index contributed by atoms with van der Waals surface area (Å²) in [6, 6.07) is 1.37. The number of alkyl halides is 3. The normalized spacial score (nSPS) is 17.3. The second kappa shape index (κ2) is 3.95. The highest BCUT2D eigenvalue weighted by molar-refractivity contribution is 5.53. The van der Waals surface area contributed by atoms with E-state index in [0.717, 1.165) is 30.4 Å². The van der Waals surface area contributed by atoms with E-state index in [1.165, 1.54) is 6.07 Å². The monoisotopic (exact) mass is 244 g/mol. The van der Waals surface area contributed by atoms with Crippen molar-refractivity contribution in [3.63, 3.8) is 0 Å². The van der Waals surface area contributed by atoms with Crippen molar-refractivity contribution in [2.24, 2.45) is 0 Å². The molecule has 1 aliphatic carbocycles. The first-order valence-electron chi connectivity index (χ1n) is 5.30. The third kappa shape index (κ3) is 1.95. The van der Waals surface area contributed by atoms with E-state index in [2.05, 4.69) is 5.10 Å². The summed E-state index contributed by atoms with van der Waals surface area (Å²) in [4.78, 5) is 0. The van der Waals surface area contributed by atoms with Gasteiger partial charge in [0, 0.05) is 0 Å². The average molecular weight is 244 g/mol. The van der Waals surface area contributed by atoms with E-state index in [9.17, 15) is 13.2 Å². The topological polar surface area (TPSA) is 67.6 Å². The Bertz CT molecular complexity index is 463. The first-order chi connectivity index (χ1) is 7.95. The van der Waals surface area contributed by atoms with Gasteiger partial charge in [-0.05, 0) is 12.8 Å². The number of nitriles is 1. The lowest BCUT2D eigenvalue weighted by Crippen LogP contribution is -2.12. The lowest BCUT2D eigenvalue weighted by molar-refractivity contribution is -0.141. The van der Waals surface area contributed by atoms with Crippen LogP contribution in [0.3, 0.4) is 0 Å². The summed E-state index contributed by atoms with van der Waals surface area (Å²) >= 11 is 0. The van der Waals surface area contributed by atoms with Gasteiger partial charge in [-0.2, -0.15) is 23.5 Å². The fraction of sp³-hybridized carbons (Fsp3) is 0.600. The third-order valence-corrected chi connectivity index (χ3v) is 3.00. The van der Waals surface area contributed by atoms with Gasteiger partial charge in [0.25, 0.3) is 0 Å². The fourth-order valence-electron chi connectivity index (χ4n) is 2.18. The first kappa shape index (κ1) is 11.8. The van der Waals surface area contributed by atoms with E-state index in [1.807, 2.05) is 0 Å². The van der Waals surface area contributed by atoms with Gasteiger partial charge in [-0.1, -0.05) is 12.8 Å². The number of rotatable bonds is 1. The number of hydrogen-bond donors (Lipinski definition) is 1. The van der Waals surface area contributed by atoms with E-state index >= 15 is 0 Å². The highest BCUT2D eigenvalue weighted by atomic mass is 19.4. The lowest BCUT2D eigenvalue weighted by atomic mass is 10.2. The van der Waals surface area contributed by atoms with Crippen LogP contribution in [0.1, 0.15) is 43.0 Å². The van der Waals surface area contributed by atoms with Crippen LogP contribution in [0.5, 0.6) is 0 Å². The van der Waals surface area contributed by atoms with Crippen LogP contribution in [-0.2, 0) is 6.18 Å². The summed E-state index contributed by atoms with van der Waals surface area (Å²) in [6.07, 6.45) is -1.22. The highest BCUT2D eigenvalue weighted by Gasteiger charge is 2.40. The quantitative estimate of drug-likeness (QED) is 0.825. The number of nitrogen functional groups attached to an aromatic ring is 1. The smallest absolute Gasteiger partial charge is 0.383 e. The molecule has 0 saturated heterocycles. The third-order valence-electron chi connectivity index (χ3n) is 3.00. The Labute approximate surface area is 95.8 Å². The number of nitrogens with zero attached hydrogens (tertiary/aromatic N) is 3. The second-order valence-electron chi connectivity index (χ2n) is 4.10. The maximum absolute atomic E-state index is 12.6. The molecule has 1 aliphatic rings. The molecule has 92 valence electrons. The molecule has 2 rings (SSSR count). The maximum Gasteiger partial charge on any atom is 0.436 e. The van der Waals surface area contributed by atoms with E-state index in [0.29, 0.717) is 0 Å². The molecule has 1 heterocycles. The molecule has 17 heavy (non-hydrogen) atoms. The minimum Gasteiger partial charge on any atom is -0.383 e. The van der Waals surface area contributed by atoms with Gasteiger partial charge < -0.3 is 5.73 Å². The van der Waals surface area contributed by atoms with Crippen molar-refractivity contribution in [3.05, 3.63) is 11.3 Å². The molecule has 0 bridgehead atoms. The van der Waals surface area contributed by atoms with Crippen LogP contribution < -0.4 is 5.73 Å². The van der Waals surface area contributed by atoms with Crippen LogP contribution in [0.15, 0.2) is 0 Å². The van der Waals surface area contributed by atoms with Crippen molar-refractivity contribution >= 4 is 5.82 Å². The van der Waals surface area contributed by atoms with Crippen molar-refractivity contribution in [2.75, 3.05) is 5.73 Å². The van der Waals surface area contributed by atoms with Crippen LogP contribution >= 0.6 is 0 Å². The molecule has 0 atom stereocenters. The minimum atomic E-state index is -4.64. The molecule has 1 aromatic rings. The summed E-state index contributed by atoms with van der Waals surface area (Å²) in [5.41, 5.74) is 3.83. The molecule has 0 amide bonds. The predicted octanol–water partition coefficient (Wildman–Crippen LogP) is 2.47. The van der Waals surface area contributed by atoms with E-state index in [4.69, 9.17) is 11.0 Å². The zero-order valence-electron chi connectivity index (χ0n) is 8.96. The Balaban J connectivity index is 2.49. The number of hydrogen-bond acceptors (Lipinski definition) is 3. The van der Waals surface area contributed by atoms with Crippen LogP contribution in [0.2, 0.25) is 0 Å². The van der Waals surface area contributed by atoms with Crippen molar-refractivity contribution in [1.82, 2.24) is 9.78 Å². The van der Waals surface area contributed by atoms with Gasteiger partial charge in [0.2, 0.25) is 0 Å². The summed E-state index contributed by atoms with van der Waals surface area (Å²) in [5, 5.41) is 12.2. The zero-order valence-corrected chi connectivity index (χ0v) is 8.96.